The number of H-pyrrole nitrogens is 1. The van der Waals surface area contributed by atoms with Crippen molar-refractivity contribution in [2.24, 2.45) is 0 Å². The van der Waals surface area contributed by atoms with Crippen LogP contribution in [0.5, 0.6) is 23.0 Å². The number of phenols is 1. The van der Waals surface area contributed by atoms with Crippen molar-refractivity contribution < 1.29 is 24.1 Å². The molecule has 1 unspecified atom stereocenters. The van der Waals surface area contributed by atoms with Crippen molar-refractivity contribution >= 4 is 17.5 Å². The Morgan fingerprint density at radius 1 is 1.02 bits per heavy atom. The summed E-state index contributed by atoms with van der Waals surface area (Å²) >= 11 is 6.46. The first-order chi connectivity index (χ1) is 20.4. The Morgan fingerprint density at radius 3 is 2.52 bits per heavy atom. The summed E-state index contributed by atoms with van der Waals surface area (Å²) in [6.45, 7) is 5.03. The fourth-order valence-corrected chi connectivity index (χ4v) is 5.55. The number of amides is 1. The van der Waals surface area contributed by atoms with Gasteiger partial charge < -0.3 is 24.2 Å². The van der Waals surface area contributed by atoms with Gasteiger partial charge in [0, 0.05) is 22.7 Å². The summed E-state index contributed by atoms with van der Waals surface area (Å²) in [5.74, 6) is 1.90. The van der Waals surface area contributed by atoms with Gasteiger partial charge in [-0.25, -0.2) is 0 Å². The van der Waals surface area contributed by atoms with Crippen molar-refractivity contribution in [2.75, 3.05) is 27.4 Å². The average molecular weight is 590 g/mol. The lowest BCUT2D eigenvalue weighted by molar-refractivity contribution is 0.0745. The normalized spacial score (nSPS) is 14.3. The van der Waals surface area contributed by atoms with Crippen molar-refractivity contribution in [1.29, 1.82) is 0 Å². The number of aromatic hydroxyl groups is 1. The summed E-state index contributed by atoms with van der Waals surface area (Å²) in [5.41, 5.74) is 4.68. The van der Waals surface area contributed by atoms with Crippen LogP contribution in [0.1, 0.15) is 65.0 Å². The molecular weight excluding hydrogens is 554 g/mol. The fourth-order valence-electron chi connectivity index (χ4n) is 5.38. The van der Waals surface area contributed by atoms with E-state index in [0.29, 0.717) is 58.6 Å². The minimum Gasteiger partial charge on any atom is -0.507 e. The zero-order chi connectivity index (χ0) is 29.8. The van der Waals surface area contributed by atoms with Crippen LogP contribution in [-0.2, 0) is 6.42 Å². The molecule has 2 heterocycles. The van der Waals surface area contributed by atoms with Gasteiger partial charge in [-0.2, -0.15) is 5.10 Å². The SMILES string of the molecule is CCCCCOc1ccc(C2c3c(-c4cc(Cl)c(C)cc4O)n[nH]c3C(=O)N2CCc2ccc(OC)cc2)cc1OC. The number of aryl methyl sites for hydroxylation is 1. The molecule has 0 radical (unpaired) electrons. The van der Waals surface area contributed by atoms with E-state index in [1.165, 1.54) is 0 Å². The lowest BCUT2D eigenvalue weighted by Crippen LogP contribution is -2.31. The molecule has 1 aromatic heterocycles. The predicted molar refractivity (Wildman–Crippen MR) is 163 cm³/mol. The number of carbonyl (C=O) groups is 1. The van der Waals surface area contributed by atoms with Gasteiger partial charge in [0.2, 0.25) is 0 Å². The Kier molecular flexibility index (Phi) is 8.92. The quantitative estimate of drug-likeness (QED) is 0.171. The lowest BCUT2D eigenvalue weighted by Gasteiger charge is -2.27. The molecule has 4 aromatic rings. The molecule has 9 heteroatoms. The number of phenolic OH excluding ortho intramolecular Hbond substituents is 1. The topological polar surface area (TPSA) is 96.9 Å². The highest BCUT2D eigenvalue weighted by Gasteiger charge is 2.42. The molecule has 0 bridgehead atoms. The molecule has 0 fully saturated rings. The molecule has 0 aliphatic carbocycles. The first-order valence-electron chi connectivity index (χ1n) is 14.2. The van der Waals surface area contributed by atoms with Crippen LogP contribution >= 0.6 is 11.6 Å². The molecule has 0 saturated carbocycles. The molecule has 0 saturated heterocycles. The first kappa shape index (κ1) is 29.3. The zero-order valence-corrected chi connectivity index (χ0v) is 25.1. The fraction of sp³-hybridized carbons (Fsp3) is 0.333. The summed E-state index contributed by atoms with van der Waals surface area (Å²) < 4.78 is 17.0. The molecule has 1 aliphatic heterocycles. The number of unbranched alkanes of at least 4 members (excludes halogenated alkanes) is 2. The van der Waals surface area contributed by atoms with E-state index in [-0.39, 0.29) is 11.7 Å². The molecule has 1 amide bonds. The average Bonchev–Trinajstić information content (AvgIpc) is 3.54. The van der Waals surface area contributed by atoms with Crippen molar-refractivity contribution in [1.82, 2.24) is 15.1 Å². The number of nitrogens with one attached hydrogen (secondary N) is 1. The second-order valence-corrected chi connectivity index (χ2v) is 10.9. The number of nitrogens with zero attached hydrogens (tertiary/aromatic N) is 2. The number of aromatic amines is 1. The van der Waals surface area contributed by atoms with Gasteiger partial charge in [0.15, 0.2) is 11.5 Å². The zero-order valence-electron chi connectivity index (χ0n) is 24.4. The summed E-state index contributed by atoms with van der Waals surface area (Å²) in [6, 6.07) is 16.4. The van der Waals surface area contributed by atoms with Gasteiger partial charge in [-0.1, -0.05) is 49.6 Å². The molecular formula is C33H36ClN3O5. The van der Waals surface area contributed by atoms with E-state index in [9.17, 15) is 9.90 Å². The number of fused-ring (bicyclic) bond motifs is 1. The minimum absolute atomic E-state index is 0.0440. The van der Waals surface area contributed by atoms with Crippen LogP contribution in [0.2, 0.25) is 5.02 Å². The largest absolute Gasteiger partial charge is 0.507 e. The third-order valence-electron chi connectivity index (χ3n) is 7.71. The number of carbonyl (C=O) groups excluding carboxylic acids is 1. The Bertz CT molecular complexity index is 1570. The van der Waals surface area contributed by atoms with Crippen LogP contribution in [0.4, 0.5) is 0 Å². The molecule has 3 aromatic carbocycles. The number of benzene rings is 3. The maximum atomic E-state index is 13.9. The van der Waals surface area contributed by atoms with E-state index in [0.717, 1.165) is 41.7 Å². The summed E-state index contributed by atoms with van der Waals surface area (Å²) in [5, 5.41) is 18.8. The van der Waals surface area contributed by atoms with Gasteiger partial charge in [-0.3, -0.25) is 9.89 Å². The number of aromatic nitrogens is 2. The van der Waals surface area contributed by atoms with Crippen LogP contribution in [0, 0.1) is 6.92 Å². The highest BCUT2D eigenvalue weighted by Crippen LogP contribution is 2.46. The number of rotatable bonds is 12. The molecule has 220 valence electrons. The molecule has 1 aliphatic rings. The highest BCUT2D eigenvalue weighted by atomic mass is 35.5. The molecule has 0 spiro atoms. The Labute approximate surface area is 251 Å². The van der Waals surface area contributed by atoms with Crippen LogP contribution in [0.15, 0.2) is 54.6 Å². The van der Waals surface area contributed by atoms with E-state index in [1.807, 2.05) is 54.3 Å². The van der Waals surface area contributed by atoms with Crippen molar-refractivity contribution in [3.8, 4) is 34.3 Å². The van der Waals surface area contributed by atoms with Gasteiger partial charge in [-0.15, -0.1) is 0 Å². The maximum Gasteiger partial charge on any atom is 0.273 e. The summed E-state index contributed by atoms with van der Waals surface area (Å²) in [4.78, 5) is 15.7. The van der Waals surface area contributed by atoms with Crippen LogP contribution in [-0.4, -0.2) is 53.5 Å². The molecule has 5 rings (SSSR count). The van der Waals surface area contributed by atoms with E-state index >= 15 is 0 Å². The van der Waals surface area contributed by atoms with Gasteiger partial charge in [0.25, 0.3) is 5.91 Å². The number of hydrogen-bond acceptors (Lipinski definition) is 6. The first-order valence-corrected chi connectivity index (χ1v) is 14.6. The maximum absolute atomic E-state index is 13.9. The van der Waals surface area contributed by atoms with Gasteiger partial charge in [0.05, 0.1) is 26.9 Å². The van der Waals surface area contributed by atoms with Crippen LogP contribution in [0.3, 0.4) is 0 Å². The number of methoxy groups -OCH3 is 2. The third kappa shape index (κ3) is 5.77. The van der Waals surface area contributed by atoms with E-state index < -0.39 is 6.04 Å². The third-order valence-corrected chi connectivity index (χ3v) is 8.11. The second kappa shape index (κ2) is 12.8. The Balaban J connectivity index is 1.55. The monoisotopic (exact) mass is 589 g/mol. The Morgan fingerprint density at radius 2 is 1.81 bits per heavy atom. The van der Waals surface area contributed by atoms with Gasteiger partial charge in [0.1, 0.15) is 22.9 Å². The van der Waals surface area contributed by atoms with E-state index in [1.54, 1.807) is 26.4 Å². The number of hydrogen-bond donors (Lipinski definition) is 2. The van der Waals surface area contributed by atoms with E-state index in [4.69, 9.17) is 25.8 Å². The standard InChI is InChI=1S/C33H36ClN3O5/c1-5-6-7-16-42-27-13-10-22(18-28(27)41-4)32-29-30(24-19-25(34)20(2)17-26(24)38)35-36-31(29)33(39)37(32)15-14-21-8-11-23(40-3)12-9-21/h8-13,17-19,32,38H,5-7,14-16H2,1-4H3,(H,35,36). The highest BCUT2D eigenvalue weighted by molar-refractivity contribution is 6.31. The molecule has 1 atom stereocenters. The molecule has 2 N–H and O–H groups in total. The number of ether oxygens (including phenoxy) is 3. The van der Waals surface area contributed by atoms with Crippen molar-refractivity contribution in [2.45, 2.75) is 45.6 Å². The predicted octanol–water partition coefficient (Wildman–Crippen LogP) is 7.12. The minimum atomic E-state index is -0.484. The molecule has 42 heavy (non-hydrogen) atoms. The lowest BCUT2D eigenvalue weighted by atomic mass is 9.94. The van der Waals surface area contributed by atoms with E-state index in [2.05, 4.69) is 17.1 Å². The summed E-state index contributed by atoms with van der Waals surface area (Å²) in [6.07, 6.45) is 3.80. The van der Waals surface area contributed by atoms with Gasteiger partial charge >= 0.3 is 0 Å². The smallest absolute Gasteiger partial charge is 0.273 e. The number of halogens is 1. The van der Waals surface area contributed by atoms with Crippen molar-refractivity contribution in [3.63, 3.8) is 0 Å². The van der Waals surface area contributed by atoms with Gasteiger partial charge in [-0.05, 0) is 72.9 Å². The Hall–Kier alpha value is -4.17. The summed E-state index contributed by atoms with van der Waals surface area (Å²) in [7, 11) is 3.25. The van der Waals surface area contributed by atoms with Crippen LogP contribution in [0.25, 0.3) is 11.3 Å². The second-order valence-electron chi connectivity index (χ2n) is 10.4. The van der Waals surface area contributed by atoms with Crippen LogP contribution < -0.4 is 14.2 Å². The van der Waals surface area contributed by atoms with Crippen molar-refractivity contribution in [3.05, 3.63) is 87.6 Å². The molecule has 8 nitrogen and oxygen atoms in total.